The Hall–Kier alpha value is -7.83. The van der Waals surface area contributed by atoms with E-state index in [0.717, 1.165) is 71.2 Å². The summed E-state index contributed by atoms with van der Waals surface area (Å²) in [5.74, 6) is 0.383. The molecule has 0 spiro atoms. The predicted octanol–water partition coefficient (Wildman–Crippen LogP) is 13.0. The highest BCUT2D eigenvalue weighted by atomic mass is 16.3. The van der Waals surface area contributed by atoms with Crippen LogP contribution < -0.4 is 0 Å². The SMILES string of the molecule is [2H]c1c([2H])c([2H])c(-c2nc(-c3cccc4c3oc3c(-n5c6ccccc6c6ccc(-c7ccccc7)cc65)cccc34)nc(-n3c4ccccc4c4ccccc43)n2)c([2H])c1[2H]. The van der Waals surface area contributed by atoms with Gasteiger partial charge in [-0.1, -0.05) is 152 Å². The molecule has 0 atom stereocenters. The molecule has 0 aliphatic carbocycles. The van der Waals surface area contributed by atoms with Crippen molar-refractivity contribution >= 4 is 65.6 Å². The third-order valence-electron chi connectivity index (χ3n) is 10.9. The number of benzene rings is 8. The van der Waals surface area contributed by atoms with E-state index in [9.17, 15) is 0 Å². The molecule has 0 bridgehead atoms. The summed E-state index contributed by atoms with van der Waals surface area (Å²) in [6.07, 6.45) is 0. The van der Waals surface area contributed by atoms with Crippen LogP contribution in [0.3, 0.4) is 0 Å². The lowest BCUT2D eigenvalue weighted by molar-refractivity contribution is 0.667. The standard InChI is InChI=1S/C51H31N5O/c1-3-15-32(16-4-1)34-29-30-38-37-21-7-10-25-42(37)55(46(38)31-34)45-28-14-23-40-39-22-13-24-41(47(39)57-48(40)45)50-52-49(33-17-5-2-6-18-33)53-51(54-50)56-43-26-11-8-19-35(43)36-20-9-12-27-44(36)56/h1-31H/i2D,5D,6D,17D,18D. The number of para-hydroxylation sites is 5. The third kappa shape index (κ3) is 4.81. The van der Waals surface area contributed by atoms with Crippen molar-refractivity contribution in [1.29, 1.82) is 0 Å². The molecule has 0 N–H and O–H groups in total. The van der Waals surface area contributed by atoms with Gasteiger partial charge in [0.1, 0.15) is 5.58 Å². The molecule has 8 aromatic carbocycles. The summed E-state index contributed by atoms with van der Waals surface area (Å²) in [6, 6.07) is 51.0. The second-order valence-electron chi connectivity index (χ2n) is 14.0. The molecule has 4 aromatic heterocycles. The van der Waals surface area contributed by atoms with Gasteiger partial charge in [0.25, 0.3) is 0 Å². The third-order valence-corrected chi connectivity index (χ3v) is 10.9. The lowest BCUT2D eigenvalue weighted by Gasteiger charge is -2.11. The summed E-state index contributed by atoms with van der Waals surface area (Å²) in [4.78, 5) is 15.0. The number of nitrogens with zero attached hydrogens (tertiary/aromatic N) is 5. The fraction of sp³-hybridized carbons (Fsp3) is 0. The average molecular weight is 735 g/mol. The lowest BCUT2D eigenvalue weighted by Crippen LogP contribution is -2.06. The maximum absolute atomic E-state index is 8.93. The molecule has 0 unspecified atom stereocenters. The molecule has 0 aliphatic heterocycles. The molecule has 12 aromatic rings. The van der Waals surface area contributed by atoms with Gasteiger partial charge in [-0.2, -0.15) is 9.97 Å². The highest BCUT2D eigenvalue weighted by Crippen LogP contribution is 2.41. The number of aromatic nitrogens is 5. The van der Waals surface area contributed by atoms with Gasteiger partial charge in [0.2, 0.25) is 5.95 Å². The van der Waals surface area contributed by atoms with E-state index in [4.69, 9.17) is 26.2 Å². The second-order valence-corrected chi connectivity index (χ2v) is 14.0. The Bertz CT molecular complexity index is 3750. The van der Waals surface area contributed by atoms with Crippen molar-refractivity contribution in [3.05, 3.63) is 188 Å². The maximum atomic E-state index is 8.93. The van der Waals surface area contributed by atoms with Crippen molar-refractivity contribution in [3.8, 4) is 45.5 Å². The number of fused-ring (bicyclic) bond motifs is 9. The van der Waals surface area contributed by atoms with Crippen LogP contribution in [-0.4, -0.2) is 24.1 Å². The molecule has 0 fully saturated rings. The van der Waals surface area contributed by atoms with Crippen LogP contribution in [-0.2, 0) is 0 Å². The Morgan fingerprint density at radius 3 is 1.70 bits per heavy atom. The van der Waals surface area contributed by atoms with Gasteiger partial charge in [0.05, 0.1) is 40.2 Å². The minimum absolute atomic E-state index is 0.0582. The van der Waals surface area contributed by atoms with Crippen molar-refractivity contribution in [1.82, 2.24) is 24.1 Å². The first-order chi connectivity index (χ1) is 30.4. The molecule has 266 valence electrons. The molecule has 6 nitrogen and oxygen atoms in total. The van der Waals surface area contributed by atoms with Crippen molar-refractivity contribution in [2.45, 2.75) is 0 Å². The largest absolute Gasteiger partial charge is 0.453 e. The van der Waals surface area contributed by atoms with Gasteiger partial charge in [-0.05, 0) is 47.5 Å². The Kier molecular flexibility index (Phi) is 5.82. The van der Waals surface area contributed by atoms with E-state index in [2.05, 4.69) is 65.2 Å². The monoisotopic (exact) mass is 734 g/mol. The highest BCUT2D eigenvalue weighted by molar-refractivity contribution is 6.15. The van der Waals surface area contributed by atoms with Gasteiger partial charge in [-0.3, -0.25) is 4.57 Å². The zero-order valence-corrected chi connectivity index (χ0v) is 30.2. The summed E-state index contributed by atoms with van der Waals surface area (Å²) >= 11 is 0. The van der Waals surface area contributed by atoms with Crippen LogP contribution in [0, 0.1) is 0 Å². The molecule has 0 amide bonds. The topological polar surface area (TPSA) is 61.7 Å². The van der Waals surface area contributed by atoms with Crippen LogP contribution in [0.1, 0.15) is 6.85 Å². The average Bonchev–Trinajstić information content (AvgIpc) is 3.98. The van der Waals surface area contributed by atoms with E-state index in [1.165, 1.54) is 0 Å². The van der Waals surface area contributed by atoms with Crippen LogP contribution in [0.25, 0.3) is 111 Å². The number of hydrogen-bond acceptors (Lipinski definition) is 4. The fourth-order valence-electron chi connectivity index (χ4n) is 8.39. The van der Waals surface area contributed by atoms with Crippen LogP contribution in [0.2, 0.25) is 0 Å². The first kappa shape index (κ1) is 26.9. The van der Waals surface area contributed by atoms with E-state index in [1.807, 2.05) is 102 Å². The van der Waals surface area contributed by atoms with Crippen LogP contribution >= 0.6 is 0 Å². The summed E-state index contributed by atoms with van der Waals surface area (Å²) in [5, 5.41) is 5.96. The Balaban J connectivity index is 1.14. The molecule has 12 rings (SSSR count). The molecule has 0 saturated carbocycles. The van der Waals surface area contributed by atoms with E-state index >= 15 is 0 Å². The zero-order valence-electron chi connectivity index (χ0n) is 35.2. The quantitative estimate of drug-likeness (QED) is 0.177. The van der Waals surface area contributed by atoms with Crippen molar-refractivity contribution in [3.63, 3.8) is 0 Å². The summed E-state index contributed by atoms with van der Waals surface area (Å²) in [6.45, 7) is 0. The molecule has 0 saturated heterocycles. The Morgan fingerprint density at radius 1 is 0.404 bits per heavy atom. The van der Waals surface area contributed by atoms with E-state index in [-0.39, 0.29) is 23.2 Å². The number of rotatable bonds is 5. The molecular formula is C51H31N5O. The number of hydrogen-bond donors (Lipinski definition) is 0. The number of furan rings is 1. The minimum atomic E-state index is -0.497. The van der Waals surface area contributed by atoms with Crippen molar-refractivity contribution in [2.24, 2.45) is 0 Å². The summed E-state index contributed by atoms with van der Waals surface area (Å²) in [5.41, 5.74) is 8.48. The van der Waals surface area contributed by atoms with Gasteiger partial charge < -0.3 is 8.98 Å². The summed E-state index contributed by atoms with van der Waals surface area (Å²) < 4.78 is 54.4. The van der Waals surface area contributed by atoms with E-state index < -0.39 is 30.2 Å². The molecular weight excluding hydrogens is 699 g/mol. The second kappa shape index (κ2) is 12.3. The molecule has 0 radical (unpaired) electrons. The molecule has 0 aliphatic rings. The first-order valence-corrected chi connectivity index (χ1v) is 18.7. The van der Waals surface area contributed by atoms with Gasteiger partial charge in [-0.25, -0.2) is 4.98 Å². The van der Waals surface area contributed by atoms with Gasteiger partial charge >= 0.3 is 0 Å². The van der Waals surface area contributed by atoms with Gasteiger partial charge in [0, 0.05) is 37.9 Å². The minimum Gasteiger partial charge on any atom is -0.453 e. The van der Waals surface area contributed by atoms with Gasteiger partial charge in [-0.15, -0.1) is 0 Å². The van der Waals surface area contributed by atoms with Crippen LogP contribution in [0.5, 0.6) is 0 Å². The zero-order chi connectivity index (χ0) is 41.8. The fourth-order valence-corrected chi connectivity index (χ4v) is 8.39. The molecule has 4 heterocycles. The van der Waals surface area contributed by atoms with E-state index in [0.29, 0.717) is 16.7 Å². The summed E-state index contributed by atoms with van der Waals surface area (Å²) in [7, 11) is 0. The van der Waals surface area contributed by atoms with Gasteiger partial charge in [0.15, 0.2) is 17.2 Å². The maximum Gasteiger partial charge on any atom is 0.238 e. The molecule has 57 heavy (non-hydrogen) atoms. The van der Waals surface area contributed by atoms with Crippen LogP contribution in [0.15, 0.2) is 192 Å². The van der Waals surface area contributed by atoms with Crippen molar-refractivity contribution in [2.75, 3.05) is 0 Å². The Labute approximate surface area is 333 Å². The lowest BCUT2D eigenvalue weighted by atomic mass is 10.0. The normalized spacial score (nSPS) is 13.1. The van der Waals surface area contributed by atoms with Crippen molar-refractivity contribution < 1.29 is 11.3 Å². The van der Waals surface area contributed by atoms with E-state index in [1.54, 1.807) is 0 Å². The highest BCUT2D eigenvalue weighted by Gasteiger charge is 2.22. The van der Waals surface area contributed by atoms with Crippen LogP contribution in [0.4, 0.5) is 0 Å². The first-order valence-electron chi connectivity index (χ1n) is 21.2. The Morgan fingerprint density at radius 2 is 0.982 bits per heavy atom. The smallest absolute Gasteiger partial charge is 0.238 e. The predicted molar refractivity (Wildman–Crippen MR) is 232 cm³/mol. The molecule has 6 heteroatoms.